The molecule has 0 bridgehead atoms. The first-order chi connectivity index (χ1) is 8.61. The molecule has 5 heteroatoms. The summed E-state index contributed by atoms with van der Waals surface area (Å²) in [5.41, 5.74) is 3.11. The molecule has 18 heavy (non-hydrogen) atoms. The van der Waals surface area contributed by atoms with E-state index in [1.165, 1.54) is 11.3 Å². The predicted molar refractivity (Wildman–Crippen MR) is 78.8 cm³/mol. The second kappa shape index (κ2) is 6.02. The molecule has 2 rings (SSSR count). The number of thiophene rings is 1. The third-order valence-corrected chi connectivity index (χ3v) is 4.19. The molecule has 0 fully saturated rings. The summed E-state index contributed by atoms with van der Waals surface area (Å²) in [6, 6.07) is 6.03. The summed E-state index contributed by atoms with van der Waals surface area (Å²) in [6.45, 7) is 4.89. The molecule has 0 aliphatic heterocycles. The Balaban J connectivity index is 2.39. The van der Waals surface area contributed by atoms with Crippen LogP contribution in [0.5, 0.6) is 0 Å². The van der Waals surface area contributed by atoms with Crippen LogP contribution in [0.4, 0.5) is 0 Å². The molecular formula is C13H14Cl2N2S. The summed E-state index contributed by atoms with van der Waals surface area (Å²) in [5, 5.41) is 3.41. The number of halogens is 2. The lowest BCUT2D eigenvalue weighted by Gasteiger charge is -2.17. The van der Waals surface area contributed by atoms with Gasteiger partial charge in [-0.15, -0.1) is 11.3 Å². The Hall–Kier alpha value is -0.610. The Morgan fingerprint density at radius 1 is 1.39 bits per heavy atom. The van der Waals surface area contributed by atoms with Crippen LogP contribution >= 0.6 is 34.5 Å². The van der Waals surface area contributed by atoms with Crippen molar-refractivity contribution in [2.45, 2.75) is 19.9 Å². The molecule has 0 saturated carbocycles. The molecule has 0 saturated heterocycles. The van der Waals surface area contributed by atoms with Crippen LogP contribution in [0.1, 0.15) is 29.8 Å². The van der Waals surface area contributed by atoms with Gasteiger partial charge in [0.05, 0.1) is 14.7 Å². The molecule has 0 spiro atoms. The van der Waals surface area contributed by atoms with E-state index in [9.17, 15) is 0 Å². The van der Waals surface area contributed by atoms with E-state index in [4.69, 9.17) is 23.2 Å². The van der Waals surface area contributed by atoms with Gasteiger partial charge in [0.25, 0.3) is 0 Å². The number of nitrogens with one attached hydrogen (secondary N) is 1. The lowest BCUT2D eigenvalue weighted by molar-refractivity contribution is 0.630. The largest absolute Gasteiger partial charge is 0.306 e. The van der Waals surface area contributed by atoms with Gasteiger partial charge in [-0.3, -0.25) is 4.98 Å². The highest BCUT2D eigenvalue weighted by atomic mass is 35.5. The number of aryl methyl sites for hydroxylation is 1. The fraction of sp³-hybridized carbons (Fsp3) is 0.308. The van der Waals surface area contributed by atoms with Crippen molar-refractivity contribution >= 4 is 34.5 Å². The van der Waals surface area contributed by atoms with Crippen LogP contribution in [0.2, 0.25) is 8.67 Å². The Morgan fingerprint density at radius 3 is 2.67 bits per heavy atom. The molecule has 0 amide bonds. The summed E-state index contributed by atoms with van der Waals surface area (Å²) in [5.74, 6) is 0. The molecule has 0 aliphatic rings. The number of rotatable bonds is 4. The summed E-state index contributed by atoms with van der Waals surface area (Å²) in [6.07, 6.45) is 1.88. The van der Waals surface area contributed by atoms with Gasteiger partial charge in [-0.25, -0.2) is 0 Å². The summed E-state index contributed by atoms with van der Waals surface area (Å²) in [4.78, 5) is 4.33. The zero-order valence-electron chi connectivity index (χ0n) is 10.2. The highest BCUT2D eigenvalue weighted by Gasteiger charge is 2.18. The van der Waals surface area contributed by atoms with Gasteiger partial charge in [0, 0.05) is 17.5 Å². The van der Waals surface area contributed by atoms with E-state index in [0.29, 0.717) is 4.34 Å². The maximum atomic E-state index is 6.23. The Labute approximate surface area is 121 Å². The van der Waals surface area contributed by atoms with Gasteiger partial charge in [0.15, 0.2) is 0 Å². The van der Waals surface area contributed by atoms with Crippen LogP contribution in [0, 0.1) is 6.92 Å². The Morgan fingerprint density at radius 2 is 2.17 bits per heavy atom. The van der Waals surface area contributed by atoms with Crippen molar-refractivity contribution in [1.29, 1.82) is 0 Å². The molecule has 0 aromatic carbocycles. The van der Waals surface area contributed by atoms with Crippen molar-refractivity contribution in [3.8, 4) is 0 Å². The number of hydrogen-bond donors (Lipinski definition) is 1. The minimum atomic E-state index is 0.0411. The van der Waals surface area contributed by atoms with Crippen molar-refractivity contribution in [2.75, 3.05) is 6.54 Å². The molecule has 2 heterocycles. The van der Waals surface area contributed by atoms with E-state index >= 15 is 0 Å². The maximum absolute atomic E-state index is 6.23. The maximum Gasteiger partial charge on any atom is 0.0995 e. The van der Waals surface area contributed by atoms with Crippen LogP contribution in [0.3, 0.4) is 0 Å². The molecular weight excluding hydrogens is 287 g/mol. The van der Waals surface area contributed by atoms with E-state index in [0.717, 1.165) is 27.7 Å². The van der Waals surface area contributed by atoms with Gasteiger partial charge in [-0.05, 0) is 31.2 Å². The quantitative estimate of drug-likeness (QED) is 0.902. The molecule has 0 aliphatic carbocycles. The third kappa shape index (κ3) is 3.04. The molecule has 0 radical (unpaired) electrons. The van der Waals surface area contributed by atoms with Crippen molar-refractivity contribution < 1.29 is 0 Å². The fourth-order valence-corrected chi connectivity index (χ4v) is 3.34. The highest BCUT2D eigenvalue weighted by molar-refractivity contribution is 7.20. The second-order valence-corrected chi connectivity index (χ2v) is 6.29. The number of aromatic nitrogens is 1. The molecule has 1 unspecified atom stereocenters. The van der Waals surface area contributed by atoms with E-state index in [1.807, 2.05) is 25.3 Å². The molecule has 2 nitrogen and oxygen atoms in total. The van der Waals surface area contributed by atoms with Gasteiger partial charge in [0.2, 0.25) is 0 Å². The first-order valence-electron chi connectivity index (χ1n) is 5.72. The van der Waals surface area contributed by atoms with Crippen molar-refractivity contribution in [3.05, 3.63) is 49.9 Å². The lowest BCUT2D eigenvalue weighted by Crippen LogP contribution is -2.21. The van der Waals surface area contributed by atoms with Crippen LogP contribution in [-0.2, 0) is 0 Å². The zero-order chi connectivity index (χ0) is 13.1. The first kappa shape index (κ1) is 13.8. The normalized spacial score (nSPS) is 12.7. The average molecular weight is 301 g/mol. The van der Waals surface area contributed by atoms with Gasteiger partial charge in [0.1, 0.15) is 0 Å². The molecule has 2 aromatic rings. The lowest BCUT2D eigenvalue weighted by atomic mass is 10.0. The minimum absolute atomic E-state index is 0.0411. The van der Waals surface area contributed by atoms with Crippen LogP contribution in [-0.4, -0.2) is 11.5 Å². The number of nitrogens with zero attached hydrogens (tertiary/aromatic N) is 1. The van der Waals surface area contributed by atoms with Gasteiger partial charge >= 0.3 is 0 Å². The standard InChI is InChI=1S/C13H14Cl2N2S/c1-3-16-12(9-5-4-8(2)17-7-9)10-6-11(14)18-13(10)15/h4-7,12,16H,3H2,1-2H3. The Kier molecular flexibility index (Phi) is 4.62. The average Bonchev–Trinajstić information content (AvgIpc) is 2.67. The third-order valence-electron chi connectivity index (χ3n) is 2.67. The predicted octanol–water partition coefficient (Wildman–Crippen LogP) is 4.46. The molecule has 96 valence electrons. The molecule has 1 N–H and O–H groups in total. The van der Waals surface area contributed by atoms with E-state index < -0.39 is 0 Å². The highest BCUT2D eigenvalue weighted by Crippen LogP contribution is 2.37. The van der Waals surface area contributed by atoms with Crippen LogP contribution in [0.15, 0.2) is 24.4 Å². The molecule has 2 aromatic heterocycles. The van der Waals surface area contributed by atoms with E-state index in [-0.39, 0.29) is 6.04 Å². The topological polar surface area (TPSA) is 24.9 Å². The summed E-state index contributed by atoms with van der Waals surface area (Å²) < 4.78 is 1.43. The monoisotopic (exact) mass is 300 g/mol. The van der Waals surface area contributed by atoms with Crippen molar-refractivity contribution in [3.63, 3.8) is 0 Å². The zero-order valence-corrected chi connectivity index (χ0v) is 12.5. The first-order valence-corrected chi connectivity index (χ1v) is 7.29. The minimum Gasteiger partial charge on any atom is -0.306 e. The van der Waals surface area contributed by atoms with E-state index in [2.05, 4.69) is 23.3 Å². The van der Waals surface area contributed by atoms with Gasteiger partial charge in [-0.1, -0.05) is 36.2 Å². The van der Waals surface area contributed by atoms with Crippen LogP contribution in [0.25, 0.3) is 0 Å². The van der Waals surface area contributed by atoms with Gasteiger partial charge < -0.3 is 5.32 Å². The number of hydrogen-bond acceptors (Lipinski definition) is 3. The van der Waals surface area contributed by atoms with Gasteiger partial charge in [-0.2, -0.15) is 0 Å². The van der Waals surface area contributed by atoms with Crippen LogP contribution < -0.4 is 5.32 Å². The summed E-state index contributed by atoms with van der Waals surface area (Å²) in [7, 11) is 0. The van der Waals surface area contributed by atoms with Crippen molar-refractivity contribution in [2.24, 2.45) is 0 Å². The van der Waals surface area contributed by atoms with E-state index in [1.54, 1.807) is 0 Å². The van der Waals surface area contributed by atoms with Crippen molar-refractivity contribution in [1.82, 2.24) is 10.3 Å². The SMILES string of the molecule is CCNC(c1ccc(C)nc1)c1cc(Cl)sc1Cl. The smallest absolute Gasteiger partial charge is 0.0995 e. The summed E-state index contributed by atoms with van der Waals surface area (Å²) >= 11 is 13.6. The Bertz CT molecular complexity index is 522. The molecule has 1 atom stereocenters. The second-order valence-electron chi connectivity index (χ2n) is 4.00. The fourth-order valence-electron chi connectivity index (χ4n) is 1.81. The number of pyridine rings is 1.